The van der Waals surface area contributed by atoms with Gasteiger partial charge in [0.25, 0.3) is 0 Å². The Morgan fingerprint density at radius 1 is 1.47 bits per heavy atom. The molecule has 0 spiro atoms. The van der Waals surface area contributed by atoms with Crippen LogP contribution in [0.25, 0.3) is 0 Å². The van der Waals surface area contributed by atoms with Gasteiger partial charge in [-0.05, 0) is 17.9 Å². The molecule has 0 saturated heterocycles. The number of nitrogens with two attached hydrogens (primary N) is 1. The summed E-state index contributed by atoms with van der Waals surface area (Å²) in [5.41, 5.74) is 6.30. The first kappa shape index (κ1) is 12.2. The average molecular weight is 227 g/mol. The van der Waals surface area contributed by atoms with Crippen molar-refractivity contribution in [3.63, 3.8) is 0 Å². The second-order valence-electron chi connectivity index (χ2n) is 3.16. The van der Waals surface area contributed by atoms with Crippen LogP contribution in [-0.4, -0.2) is 29.3 Å². The van der Waals surface area contributed by atoms with E-state index >= 15 is 0 Å². The molecule has 4 heteroatoms. The van der Waals surface area contributed by atoms with Gasteiger partial charge in [0.2, 0.25) is 0 Å². The first-order valence-electron chi connectivity index (χ1n) is 4.97. The lowest BCUT2D eigenvalue weighted by atomic mass is 10.3. The van der Waals surface area contributed by atoms with Gasteiger partial charge in [-0.15, -0.1) is 0 Å². The van der Waals surface area contributed by atoms with Crippen molar-refractivity contribution >= 4 is 17.4 Å². The van der Waals surface area contributed by atoms with Gasteiger partial charge in [-0.25, -0.2) is 0 Å². The lowest BCUT2D eigenvalue weighted by Gasteiger charge is -2.12. The van der Waals surface area contributed by atoms with Gasteiger partial charge in [-0.1, -0.05) is 19.1 Å². The number of rotatable bonds is 6. The van der Waals surface area contributed by atoms with Crippen molar-refractivity contribution in [2.45, 2.75) is 13.0 Å². The van der Waals surface area contributed by atoms with Gasteiger partial charge < -0.3 is 15.6 Å². The van der Waals surface area contributed by atoms with Crippen molar-refractivity contribution in [1.29, 1.82) is 0 Å². The van der Waals surface area contributed by atoms with E-state index in [1.807, 2.05) is 12.1 Å². The van der Waals surface area contributed by atoms with Crippen LogP contribution in [0.3, 0.4) is 0 Å². The van der Waals surface area contributed by atoms with Crippen LogP contribution in [0.2, 0.25) is 0 Å². The quantitative estimate of drug-likeness (QED) is 0.727. The Morgan fingerprint density at radius 3 is 2.87 bits per heavy atom. The van der Waals surface area contributed by atoms with Gasteiger partial charge in [0.05, 0.1) is 11.8 Å². The van der Waals surface area contributed by atoms with Gasteiger partial charge >= 0.3 is 0 Å². The second kappa shape index (κ2) is 6.58. The maximum atomic E-state index is 9.55. The molecule has 1 aromatic carbocycles. The summed E-state index contributed by atoms with van der Waals surface area (Å²) in [6.07, 6.45) is -0.436. The molecule has 1 unspecified atom stereocenters. The Labute approximate surface area is 94.6 Å². The van der Waals surface area contributed by atoms with Crippen molar-refractivity contribution in [3.05, 3.63) is 24.3 Å². The van der Waals surface area contributed by atoms with Crippen LogP contribution < -0.4 is 10.5 Å². The summed E-state index contributed by atoms with van der Waals surface area (Å²) in [7, 11) is 0. The summed E-state index contributed by atoms with van der Waals surface area (Å²) in [5.74, 6) is 2.34. The Balaban J connectivity index is 2.33. The van der Waals surface area contributed by atoms with E-state index in [1.54, 1.807) is 23.9 Å². The van der Waals surface area contributed by atoms with Gasteiger partial charge in [0.15, 0.2) is 0 Å². The lowest BCUT2D eigenvalue weighted by molar-refractivity contribution is 0.127. The third-order valence-corrected chi connectivity index (χ3v) is 2.89. The van der Waals surface area contributed by atoms with E-state index in [4.69, 9.17) is 10.5 Å². The number of para-hydroxylation sites is 2. The number of anilines is 1. The van der Waals surface area contributed by atoms with Crippen LogP contribution in [0, 0.1) is 0 Å². The molecule has 1 rings (SSSR count). The third kappa shape index (κ3) is 4.44. The van der Waals surface area contributed by atoms with Crippen molar-refractivity contribution in [1.82, 2.24) is 0 Å². The molecule has 3 nitrogen and oxygen atoms in total. The molecular formula is C11H17NO2S. The molecule has 84 valence electrons. The van der Waals surface area contributed by atoms with E-state index in [1.165, 1.54) is 0 Å². The molecule has 0 aliphatic carbocycles. The SMILES string of the molecule is CCSCC(O)COc1ccccc1N. The molecule has 15 heavy (non-hydrogen) atoms. The molecule has 0 heterocycles. The highest BCUT2D eigenvalue weighted by Gasteiger charge is 2.05. The number of nitrogen functional groups attached to an aromatic ring is 1. The minimum absolute atomic E-state index is 0.293. The summed E-state index contributed by atoms with van der Waals surface area (Å²) >= 11 is 1.69. The molecule has 0 radical (unpaired) electrons. The second-order valence-corrected chi connectivity index (χ2v) is 4.48. The van der Waals surface area contributed by atoms with Crippen LogP contribution in [-0.2, 0) is 0 Å². The van der Waals surface area contributed by atoms with Gasteiger partial charge in [-0.2, -0.15) is 11.8 Å². The standard InChI is InChI=1S/C11H17NO2S/c1-2-15-8-9(13)7-14-11-6-4-3-5-10(11)12/h3-6,9,13H,2,7-8,12H2,1H3. The number of aliphatic hydroxyl groups is 1. The van der Waals surface area contributed by atoms with Crippen LogP contribution in [0.4, 0.5) is 5.69 Å². The molecule has 0 saturated carbocycles. The summed E-state index contributed by atoms with van der Waals surface area (Å²) in [5, 5.41) is 9.55. The third-order valence-electron chi connectivity index (χ3n) is 1.86. The molecule has 0 aliphatic heterocycles. The van der Waals surface area contributed by atoms with E-state index in [-0.39, 0.29) is 0 Å². The van der Waals surface area contributed by atoms with Crippen LogP contribution in [0.15, 0.2) is 24.3 Å². The first-order valence-corrected chi connectivity index (χ1v) is 6.12. The highest BCUT2D eigenvalue weighted by atomic mass is 32.2. The Hall–Kier alpha value is -0.870. The van der Waals surface area contributed by atoms with Gasteiger partial charge in [-0.3, -0.25) is 0 Å². The number of thioether (sulfide) groups is 1. The molecule has 1 aromatic rings. The zero-order valence-corrected chi connectivity index (χ0v) is 9.67. The normalized spacial score (nSPS) is 12.4. The summed E-state index contributed by atoms with van der Waals surface area (Å²) in [4.78, 5) is 0. The molecule has 0 aromatic heterocycles. The average Bonchev–Trinajstić information content (AvgIpc) is 2.25. The highest BCUT2D eigenvalue weighted by molar-refractivity contribution is 7.99. The smallest absolute Gasteiger partial charge is 0.142 e. The zero-order valence-electron chi connectivity index (χ0n) is 8.85. The molecule has 3 N–H and O–H groups in total. The predicted molar refractivity (Wildman–Crippen MR) is 65.4 cm³/mol. The van der Waals surface area contributed by atoms with Crippen molar-refractivity contribution in [2.24, 2.45) is 0 Å². The van der Waals surface area contributed by atoms with Gasteiger partial charge in [0, 0.05) is 5.75 Å². The van der Waals surface area contributed by atoms with Crippen molar-refractivity contribution in [2.75, 3.05) is 23.8 Å². The minimum Gasteiger partial charge on any atom is -0.489 e. The minimum atomic E-state index is -0.436. The predicted octanol–water partition coefficient (Wildman–Crippen LogP) is 1.76. The van der Waals surface area contributed by atoms with Crippen LogP contribution in [0.5, 0.6) is 5.75 Å². The van der Waals surface area contributed by atoms with E-state index in [9.17, 15) is 5.11 Å². The summed E-state index contributed by atoms with van der Waals surface area (Å²) in [6, 6.07) is 7.29. The molecule has 0 amide bonds. The topological polar surface area (TPSA) is 55.5 Å². The number of ether oxygens (including phenoxy) is 1. The van der Waals surface area contributed by atoms with E-state index in [0.29, 0.717) is 23.8 Å². The molecule has 1 atom stereocenters. The number of benzene rings is 1. The number of aliphatic hydroxyl groups excluding tert-OH is 1. The maximum absolute atomic E-state index is 9.55. The fourth-order valence-corrected chi connectivity index (χ4v) is 1.70. The van der Waals surface area contributed by atoms with Crippen molar-refractivity contribution < 1.29 is 9.84 Å². The molecule has 0 aliphatic rings. The molecular weight excluding hydrogens is 210 g/mol. The lowest BCUT2D eigenvalue weighted by Crippen LogP contribution is -2.20. The Kier molecular flexibility index (Phi) is 5.36. The fraction of sp³-hybridized carbons (Fsp3) is 0.455. The number of hydrogen-bond acceptors (Lipinski definition) is 4. The highest BCUT2D eigenvalue weighted by Crippen LogP contribution is 2.19. The fourth-order valence-electron chi connectivity index (χ4n) is 1.10. The molecule has 0 bridgehead atoms. The maximum Gasteiger partial charge on any atom is 0.142 e. The zero-order chi connectivity index (χ0) is 11.1. The monoisotopic (exact) mass is 227 g/mol. The van der Waals surface area contributed by atoms with E-state index < -0.39 is 6.10 Å². The van der Waals surface area contributed by atoms with Crippen LogP contribution in [0.1, 0.15) is 6.92 Å². The Morgan fingerprint density at radius 2 is 2.20 bits per heavy atom. The summed E-state index contributed by atoms with van der Waals surface area (Å²) < 4.78 is 5.41. The molecule has 0 fully saturated rings. The van der Waals surface area contributed by atoms with E-state index in [2.05, 4.69) is 6.92 Å². The summed E-state index contributed by atoms with van der Waals surface area (Å²) in [6.45, 7) is 2.36. The van der Waals surface area contributed by atoms with Crippen LogP contribution >= 0.6 is 11.8 Å². The van der Waals surface area contributed by atoms with Gasteiger partial charge in [0.1, 0.15) is 12.4 Å². The Bertz CT molecular complexity index is 294. The largest absolute Gasteiger partial charge is 0.489 e. The van der Waals surface area contributed by atoms with Crippen molar-refractivity contribution in [3.8, 4) is 5.75 Å². The number of hydrogen-bond donors (Lipinski definition) is 2. The van der Waals surface area contributed by atoms with E-state index in [0.717, 1.165) is 5.75 Å². The first-order chi connectivity index (χ1) is 7.24.